The van der Waals surface area contributed by atoms with Gasteiger partial charge in [-0.2, -0.15) is 0 Å². The summed E-state index contributed by atoms with van der Waals surface area (Å²) in [6.45, 7) is 6.40. The van der Waals surface area contributed by atoms with Crippen LogP contribution < -0.4 is 5.32 Å². The molecule has 1 aliphatic carbocycles. The fourth-order valence-corrected chi connectivity index (χ4v) is 3.11. The maximum Gasteiger partial charge on any atom is 0.0997 e. The largest absolute Gasteiger partial charge is 0.313 e. The number of aryl methyl sites for hydroxylation is 2. The van der Waals surface area contributed by atoms with Crippen molar-refractivity contribution in [2.45, 2.75) is 52.5 Å². The summed E-state index contributed by atoms with van der Waals surface area (Å²) >= 11 is 0. The van der Waals surface area contributed by atoms with E-state index < -0.39 is 0 Å². The SMILES string of the molecule is CCCNCc1ccc(C)c(-n2cnc3c2CCCC3)c1. The third-order valence-electron chi connectivity index (χ3n) is 4.32. The normalized spacial score (nSPS) is 14.2. The first kappa shape index (κ1) is 14.3. The Morgan fingerprint density at radius 1 is 1.24 bits per heavy atom. The molecule has 2 aromatic rings. The van der Waals surface area contributed by atoms with Gasteiger partial charge in [0.05, 0.1) is 12.0 Å². The highest BCUT2D eigenvalue weighted by atomic mass is 15.1. The molecule has 0 atom stereocenters. The van der Waals surface area contributed by atoms with Crippen molar-refractivity contribution >= 4 is 0 Å². The topological polar surface area (TPSA) is 29.9 Å². The number of imidazole rings is 1. The second-order valence-corrected chi connectivity index (χ2v) is 6.01. The molecule has 1 aliphatic rings. The van der Waals surface area contributed by atoms with Crippen molar-refractivity contribution in [3.05, 3.63) is 47.0 Å². The first-order valence-corrected chi connectivity index (χ1v) is 8.15. The predicted octanol–water partition coefficient (Wildman–Crippen LogP) is 3.56. The lowest BCUT2D eigenvalue weighted by atomic mass is 10.0. The van der Waals surface area contributed by atoms with E-state index in [9.17, 15) is 0 Å². The summed E-state index contributed by atoms with van der Waals surface area (Å²) in [5, 5.41) is 3.48. The van der Waals surface area contributed by atoms with Crippen LogP contribution in [0.15, 0.2) is 24.5 Å². The number of aromatic nitrogens is 2. The number of hydrogen-bond donors (Lipinski definition) is 1. The van der Waals surface area contributed by atoms with Crippen molar-refractivity contribution in [1.29, 1.82) is 0 Å². The lowest BCUT2D eigenvalue weighted by Crippen LogP contribution is -2.14. The smallest absolute Gasteiger partial charge is 0.0997 e. The van der Waals surface area contributed by atoms with Gasteiger partial charge in [0.25, 0.3) is 0 Å². The number of fused-ring (bicyclic) bond motifs is 1. The minimum Gasteiger partial charge on any atom is -0.313 e. The van der Waals surface area contributed by atoms with Crippen LogP contribution in [-0.4, -0.2) is 16.1 Å². The molecule has 21 heavy (non-hydrogen) atoms. The van der Waals surface area contributed by atoms with E-state index in [1.54, 1.807) is 0 Å². The van der Waals surface area contributed by atoms with Crippen LogP contribution in [-0.2, 0) is 19.4 Å². The molecule has 1 heterocycles. The fraction of sp³-hybridized carbons (Fsp3) is 0.500. The molecule has 1 aromatic heterocycles. The van der Waals surface area contributed by atoms with Crippen LogP contribution in [0.1, 0.15) is 48.7 Å². The molecule has 3 rings (SSSR count). The highest BCUT2D eigenvalue weighted by molar-refractivity contribution is 5.45. The second-order valence-electron chi connectivity index (χ2n) is 6.01. The summed E-state index contributed by atoms with van der Waals surface area (Å²) < 4.78 is 2.31. The zero-order valence-electron chi connectivity index (χ0n) is 13.2. The zero-order valence-corrected chi connectivity index (χ0v) is 13.2. The van der Waals surface area contributed by atoms with Crippen LogP contribution in [0, 0.1) is 6.92 Å². The molecular weight excluding hydrogens is 258 g/mol. The quantitative estimate of drug-likeness (QED) is 0.850. The number of rotatable bonds is 5. The molecule has 0 unspecified atom stereocenters. The van der Waals surface area contributed by atoms with Gasteiger partial charge in [0.15, 0.2) is 0 Å². The van der Waals surface area contributed by atoms with Gasteiger partial charge >= 0.3 is 0 Å². The van der Waals surface area contributed by atoms with Crippen LogP contribution in [0.2, 0.25) is 0 Å². The summed E-state index contributed by atoms with van der Waals surface area (Å²) in [4.78, 5) is 4.63. The van der Waals surface area contributed by atoms with Crippen molar-refractivity contribution in [2.24, 2.45) is 0 Å². The summed E-state index contributed by atoms with van der Waals surface area (Å²) in [7, 11) is 0. The van der Waals surface area contributed by atoms with Gasteiger partial charge in [-0.3, -0.25) is 0 Å². The fourth-order valence-electron chi connectivity index (χ4n) is 3.11. The van der Waals surface area contributed by atoms with Crippen LogP contribution in [0.25, 0.3) is 5.69 Å². The van der Waals surface area contributed by atoms with Gasteiger partial charge in [-0.05, 0) is 62.8 Å². The summed E-state index contributed by atoms with van der Waals surface area (Å²) in [6.07, 6.45) is 8.06. The monoisotopic (exact) mass is 283 g/mol. The van der Waals surface area contributed by atoms with Crippen molar-refractivity contribution in [2.75, 3.05) is 6.54 Å². The summed E-state index contributed by atoms with van der Waals surface area (Å²) in [5.41, 5.74) is 6.68. The van der Waals surface area contributed by atoms with Crippen LogP contribution in [0.4, 0.5) is 0 Å². The highest BCUT2D eigenvalue weighted by Crippen LogP contribution is 2.25. The average Bonchev–Trinajstić information content (AvgIpc) is 2.93. The molecule has 112 valence electrons. The molecule has 0 fully saturated rings. The van der Waals surface area contributed by atoms with E-state index in [0.29, 0.717) is 0 Å². The number of hydrogen-bond acceptors (Lipinski definition) is 2. The van der Waals surface area contributed by atoms with Crippen molar-refractivity contribution in [3.8, 4) is 5.69 Å². The van der Waals surface area contributed by atoms with Crippen LogP contribution in [0.5, 0.6) is 0 Å². The first-order chi connectivity index (χ1) is 10.3. The molecule has 0 amide bonds. The maximum atomic E-state index is 4.63. The number of nitrogens with zero attached hydrogens (tertiary/aromatic N) is 2. The zero-order chi connectivity index (χ0) is 14.7. The van der Waals surface area contributed by atoms with Crippen LogP contribution >= 0.6 is 0 Å². The van der Waals surface area contributed by atoms with E-state index >= 15 is 0 Å². The van der Waals surface area contributed by atoms with Crippen LogP contribution in [0.3, 0.4) is 0 Å². The van der Waals surface area contributed by atoms with Gasteiger partial charge in [0, 0.05) is 17.9 Å². The molecule has 0 spiro atoms. The molecule has 0 saturated heterocycles. The Morgan fingerprint density at radius 3 is 2.95 bits per heavy atom. The second kappa shape index (κ2) is 6.44. The Labute approximate surface area is 127 Å². The first-order valence-electron chi connectivity index (χ1n) is 8.15. The number of nitrogens with one attached hydrogen (secondary N) is 1. The molecule has 3 heteroatoms. The lowest BCUT2D eigenvalue weighted by Gasteiger charge is -2.16. The van der Waals surface area contributed by atoms with Crippen molar-refractivity contribution < 1.29 is 0 Å². The number of benzene rings is 1. The Bertz CT molecular complexity index is 613. The standard InChI is InChI=1S/C18H25N3/c1-3-10-19-12-15-9-8-14(2)18(11-15)21-13-20-16-6-4-5-7-17(16)21/h8-9,11,13,19H,3-7,10,12H2,1-2H3. The van der Waals surface area contributed by atoms with E-state index in [4.69, 9.17) is 0 Å². The van der Waals surface area contributed by atoms with Gasteiger partial charge in [-0.25, -0.2) is 4.98 Å². The van der Waals surface area contributed by atoms with E-state index in [-0.39, 0.29) is 0 Å². The van der Waals surface area contributed by atoms with Gasteiger partial charge in [-0.15, -0.1) is 0 Å². The third-order valence-corrected chi connectivity index (χ3v) is 4.32. The van der Waals surface area contributed by atoms with Gasteiger partial charge < -0.3 is 9.88 Å². The molecule has 0 bridgehead atoms. The average molecular weight is 283 g/mol. The summed E-state index contributed by atoms with van der Waals surface area (Å²) in [6, 6.07) is 6.77. The van der Waals surface area contributed by atoms with Crippen molar-refractivity contribution in [3.63, 3.8) is 0 Å². The Morgan fingerprint density at radius 2 is 2.10 bits per heavy atom. The van der Waals surface area contributed by atoms with Gasteiger partial charge in [0.1, 0.15) is 0 Å². The molecule has 3 nitrogen and oxygen atoms in total. The molecular formula is C18H25N3. The van der Waals surface area contributed by atoms with E-state index in [1.165, 1.54) is 47.5 Å². The van der Waals surface area contributed by atoms with Gasteiger partial charge in [0.2, 0.25) is 0 Å². The molecule has 0 aliphatic heterocycles. The molecule has 0 radical (unpaired) electrons. The Hall–Kier alpha value is -1.61. The Kier molecular flexibility index (Phi) is 4.39. The van der Waals surface area contributed by atoms with Crippen molar-refractivity contribution in [1.82, 2.24) is 14.9 Å². The minimum atomic E-state index is 0.942. The van der Waals surface area contributed by atoms with E-state index in [2.05, 4.69) is 46.9 Å². The third kappa shape index (κ3) is 3.03. The Balaban J connectivity index is 1.90. The highest BCUT2D eigenvalue weighted by Gasteiger charge is 2.17. The molecule has 0 saturated carbocycles. The van der Waals surface area contributed by atoms with E-state index in [0.717, 1.165) is 25.9 Å². The minimum absolute atomic E-state index is 0.942. The predicted molar refractivity (Wildman–Crippen MR) is 86.9 cm³/mol. The maximum absolute atomic E-state index is 4.63. The lowest BCUT2D eigenvalue weighted by molar-refractivity contribution is 0.654. The molecule has 1 N–H and O–H groups in total. The summed E-state index contributed by atoms with van der Waals surface area (Å²) in [5.74, 6) is 0. The van der Waals surface area contributed by atoms with E-state index in [1.807, 2.05) is 6.33 Å². The molecule has 1 aromatic carbocycles. The van der Waals surface area contributed by atoms with Gasteiger partial charge in [-0.1, -0.05) is 19.1 Å².